The smallest absolute Gasteiger partial charge is 0.170 e. The molecule has 2 rings (SSSR count). The second-order valence-corrected chi connectivity index (χ2v) is 4.16. The fourth-order valence-electron chi connectivity index (χ4n) is 1.39. The van der Waals surface area contributed by atoms with Crippen LogP contribution >= 0.6 is 24.3 Å². The van der Waals surface area contributed by atoms with Crippen LogP contribution in [-0.2, 0) is 0 Å². The zero-order valence-corrected chi connectivity index (χ0v) is 9.09. The molecule has 80 valence electrons. The number of hydrogen-bond acceptors (Lipinski definition) is 4. The zero-order valence-electron chi connectivity index (χ0n) is 7.46. The van der Waals surface area contributed by atoms with Crippen LogP contribution in [-0.4, -0.2) is 12.4 Å². The Bertz CT molecular complexity index is 409. The fraction of sp³-hybridized carbons (Fsp3) is 0.222. The third kappa shape index (κ3) is 1.96. The lowest BCUT2D eigenvalue weighted by Crippen LogP contribution is -2.15. The molecular formula is C9H6F2O2S2. The Morgan fingerprint density at radius 1 is 1.20 bits per heavy atom. The highest BCUT2D eigenvalue weighted by atomic mass is 32.2. The summed E-state index contributed by atoms with van der Waals surface area (Å²) in [5, 5.41) is 0. The van der Waals surface area contributed by atoms with Gasteiger partial charge in [-0.05, 0) is 12.1 Å². The molecule has 0 unspecified atom stereocenters. The summed E-state index contributed by atoms with van der Waals surface area (Å²) in [6, 6.07) is 2.70. The Labute approximate surface area is 94.0 Å². The van der Waals surface area contributed by atoms with Crippen molar-refractivity contribution in [2.24, 2.45) is 0 Å². The van der Waals surface area contributed by atoms with Crippen LogP contribution in [0.3, 0.4) is 0 Å². The van der Waals surface area contributed by atoms with Crippen LogP contribution in [0, 0.1) is 0 Å². The molecule has 0 bridgehead atoms. The lowest BCUT2D eigenvalue weighted by molar-refractivity contribution is 0.0933. The fourth-order valence-corrected chi connectivity index (χ4v) is 2.16. The molecule has 1 aromatic rings. The van der Waals surface area contributed by atoms with E-state index in [2.05, 4.69) is 0 Å². The molecule has 0 atom stereocenters. The van der Waals surface area contributed by atoms with E-state index >= 15 is 0 Å². The van der Waals surface area contributed by atoms with Crippen molar-refractivity contribution in [1.29, 1.82) is 0 Å². The summed E-state index contributed by atoms with van der Waals surface area (Å²) < 4.78 is 30.1. The van der Waals surface area contributed by atoms with E-state index in [9.17, 15) is 12.6 Å². The van der Waals surface area contributed by atoms with Gasteiger partial charge in [-0.15, -0.1) is 0 Å². The highest BCUT2D eigenvalue weighted by Crippen LogP contribution is 2.38. The van der Waals surface area contributed by atoms with Crippen LogP contribution in [0.5, 0.6) is 5.75 Å². The molecular weight excluding hydrogens is 242 g/mol. The van der Waals surface area contributed by atoms with Crippen LogP contribution in [0.15, 0.2) is 21.9 Å². The molecule has 0 N–H and O–H groups in total. The Morgan fingerprint density at radius 2 is 1.87 bits per heavy atom. The van der Waals surface area contributed by atoms with Crippen molar-refractivity contribution in [3.05, 3.63) is 17.7 Å². The molecule has 0 saturated heterocycles. The maximum Gasteiger partial charge on any atom is 0.170 e. The Kier molecular flexibility index (Phi) is 3.16. The highest BCUT2D eigenvalue weighted by Gasteiger charge is 2.21. The van der Waals surface area contributed by atoms with Crippen molar-refractivity contribution in [2.45, 2.75) is 16.2 Å². The molecule has 0 saturated carbocycles. The van der Waals surface area contributed by atoms with E-state index in [1.165, 1.54) is 12.1 Å². The second kappa shape index (κ2) is 4.40. The molecule has 1 heterocycles. The third-order valence-corrected chi connectivity index (χ3v) is 3.24. The Balaban J connectivity index is 2.53. The van der Waals surface area contributed by atoms with E-state index in [1.54, 1.807) is 0 Å². The number of fused-ring (bicyclic) bond motifs is 1. The van der Waals surface area contributed by atoms with Crippen molar-refractivity contribution >= 4 is 30.1 Å². The molecule has 0 amide bonds. The first-order valence-electron chi connectivity index (χ1n) is 4.17. The predicted molar refractivity (Wildman–Crippen MR) is 54.8 cm³/mol. The van der Waals surface area contributed by atoms with Gasteiger partial charge in [0.1, 0.15) is 5.75 Å². The van der Waals surface area contributed by atoms with Crippen molar-refractivity contribution in [3.8, 4) is 5.75 Å². The van der Waals surface area contributed by atoms with Gasteiger partial charge < -0.3 is 4.74 Å². The summed E-state index contributed by atoms with van der Waals surface area (Å²) in [5.41, 5.74) is 0.333. The molecule has 0 aromatic heterocycles. The zero-order chi connectivity index (χ0) is 10.8. The van der Waals surface area contributed by atoms with Gasteiger partial charge in [0.2, 0.25) is 0 Å². The number of rotatable bonds is 2. The lowest BCUT2D eigenvalue weighted by atomic mass is 10.1. The minimum Gasteiger partial charge on any atom is -0.492 e. The summed E-state index contributed by atoms with van der Waals surface area (Å²) in [6.07, 6.45) is 0.283. The van der Waals surface area contributed by atoms with Crippen molar-refractivity contribution in [2.75, 3.05) is 6.61 Å². The van der Waals surface area contributed by atoms with E-state index in [0.717, 1.165) is 0 Å². The molecule has 15 heavy (non-hydrogen) atoms. The second-order valence-electron chi connectivity index (χ2n) is 2.97. The predicted octanol–water partition coefficient (Wildman–Crippen LogP) is 3.61. The highest BCUT2D eigenvalue weighted by molar-refractivity contribution is 7.97. The monoisotopic (exact) mass is 248 g/mol. The molecule has 0 radical (unpaired) electrons. The normalized spacial score (nSPS) is 14.7. The van der Waals surface area contributed by atoms with Crippen LogP contribution in [0.2, 0.25) is 0 Å². The quantitative estimate of drug-likeness (QED) is 0.798. The number of hydrogen-bond donors (Lipinski definition) is 0. The largest absolute Gasteiger partial charge is 0.492 e. The maximum absolute atomic E-state index is 12.5. The van der Waals surface area contributed by atoms with Gasteiger partial charge in [-0.3, -0.25) is 4.79 Å². The van der Waals surface area contributed by atoms with Gasteiger partial charge in [0.15, 0.2) is 5.78 Å². The van der Waals surface area contributed by atoms with Crippen LogP contribution in [0.4, 0.5) is 7.77 Å². The maximum atomic E-state index is 12.5. The SMILES string of the molecule is O=C1CCOc2cc(SF)c(SF)cc21. The minimum atomic E-state index is -0.0954. The number of benzene rings is 1. The molecule has 0 spiro atoms. The first-order valence-corrected chi connectivity index (χ1v) is 5.61. The van der Waals surface area contributed by atoms with Crippen molar-refractivity contribution in [3.63, 3.8) is 0 Å². The van der Waals surface area contributed by atoms with E-state index < -0.39 is 0 Å². The van der Waals surface area contributed by atoms with Crippen molar-refractivity contribution in [1.82, 2.24) is 0 Å². The number of carbonyl (C=O) groups is 1. The first kappa shape index (κ1) is 10.8. The molecule has 2 nitrogen and oxygen atoms in total. The number of carbonyl (C=O) groups excluding carboxylic acids is 1. The number of halogens is 2. The molecule has 1 aromatic carbocycles. The van der Waals surface area contributed by atoms with Gasteiger partial charge >= 0.3 is 0 Å². The van der Waals surface area contributed by atoms with Crippen molar-refractivity contribution < 1.29 is 17.3 Å². The van der Waals surface area contributed by atoms with E-state index in [0.29, 0.717) is 17.9 Å². The molecule has 1 aliphatic heterocycles. The molecule has 0 fully saturated rings. The van der Waals surface area contributed by atoms with Gasteiger partial charge in [-0.2, -0.15) is 7.77 Å². The third-order valence-electron chi connectivity index (χ3n) is 2.10. The summed E-state index contributed by atoms with van der Waals surface area (Å²) in [6.45, 7) is 0.296. The average molecular weight is 248 g/mol. The summed E-state index contributed by atoms with van der Waals surface area (Å²) >= 11 is -0.132. The first-order chi connectivity index (χ1) is 7.26. The van der Waals surface area contributed by atoms with Crippen LogP contribution in [0.25, 0.3) is 0 Å². The summed E-state index contributed by atoms with van der Waals surface area (Å²) in [5.74, 6) is 0.242. The van der Waals surface area contributed by atoms with Gasteiger partial charge in [-0.25, -0.2) is 0 Å². The van der Waals surface area contributed by atoms with E-state index in [-0.39, 0.29) is 46.3 Å². The van der Waals surface area contributed by atoms with Gasteiger partial charge in [0.05, 0.1) is 46.3 Å². The minimum absolute atomic E-state index is 0.0581. The van der Waals surface area contributed by atoms with Gasteiger partial charge in [0.25, 0.3) is 0 Å². The molecule has 6 heteroatoms. The lowest BCUT2D eigenvalue weighted by Gasteiger charge is -2.17. The standard InChI is InChI=1S/C9H6F2O2S2/c10-14-8-3-5-6(12)1-2-13-7(5)4-9(8)15-11/h3-4H,1-2H2. The molecule has 0 aliphatic carbocycles. The summed E-state index contributed by atoms with van der Waals surface area (Å²) in [4.78, 5) is 11.7. The summed E-state index contributed by atoms with van der Waals surface area (Å²) in [7, 11) is 0. The number of ether oxygens (including phenoxy) is 1. The van der Waals surface area contributed by atoms with E-state index in [4.69, 9.17) is 4.74 Å². The Hall–Kier alpha value is -0.750. The average Bonchev–Trinajstić information content (AvgIpc) is 2.28. The van der Waals surface area contributed by atoms with Crippen LogP contribution in [0.1, 0.15) is 16.8 Å². The number of Topliss-reactive ketones (excluding diaryl/α,β-unsaturated/α-hetero) is 1. The topological polar surface area (TPSA) is 26.3 Å². The molecule has 1 aliphatic rings. The Morgan fingerprint density at radius 3 is 2.53 bits per heavy atom. The van der Waals surface area contributed by atoms with Gasteiger partial charge in [-0.1, -0.05) is 0 Å². The number of ketones is 1. The van der Waals surface area contributed by atoms with Crippen LogP contribution < -0.4 is 4.74 Å². The van der Waals surface area contributed by atoms with E-state index in [1.807, 2.05) is 0 Å². The van der Waals surface area contributed by atoms with Gasteiger partial charge in [0, 0.05) is 6.42 Å².